The van der Waals surface area contributed by atoms with Gasteiger partial charge in [0.05, 0.1) is 10.5 Å². The van der Waals surface area contributed by atoms with Crippen molar-refractivity contribution in [3.05, 3.63) is 52.1 Å². The SMILES string of the molecule is C=C(C(=O)OC(C(F)(F)F)C(F)(F)F)[C@@H](O)c1ccc([N+](=O)[O-])cc1. The van der Waals surface area contributed by atoms with E-state index >= 15 is 0 Å². The molecule has 0 radical (unpaired) electrons. The second kappa shape index (κ2) is 7.09. The first-order valence-electron chi connectivity index (χ1n) is 6.20. The van der Waals surface area contributed by atoms with Crippen molar-refractivity contribution < 1.29 is 45.9 Å². The molecular weight excluding hydrogens is 364 g/mol. The van der Waals surface area contributed by atoms with E-state index < -0.39 is 46.7 Å². The summed E-state index contributed by atoms with van der Waals surface area (Å²) in [6.07, 6.45) is -18.2. The van der Waals surface area contributed by atoms with Gasteiger partial charge in [-0.15, -0.1) is 0 Å². The molecule has 0 fully saturated rings. The lowest BCUT2D eigenvalue weighted by molar-refractivity contribution is -0.384. The Morgan fingerprint density at radius 1 is 1.12 bits per heavy atom. The molecule has 0 heterocycles. The van der Waals surface area contributed by atoms with Crippen molar-refractivity contribution >= 4 is 11.7 Å². The maximum atomic E-state index is 12.3. The van der Waals surface area contributed by atoms with Crippen molar-refractivity contribution in [1.29, 1.82) is 0 Å². The molecule has 0 spiro atoms. The van der Waals surface area contributed by atoms with Crippen molar-refractivity contribution in [2.75, 3.05) is 0 Å². The van der Waals surface area contributed by atoms with Crippen molar-refractivity contribution in [1.82, 2.24) is 0 Å². The molecule has 0 aliphatic rings. The Morgan fingerprint density at radius 3 is 1.92 bits per heavy atom. The Hall–Kier alpha value is -2.63. The van der Waals surface area contributed by atoms with E-state index in [1.165, 1.54) is 0 Å². The summed E-state index contributed by atoms with van der Waals surface area (Å²) in [4.78, 5) is 21.1. The molecular formula is C13H9F6NO5. The number of carbonyl (C=O) groups excluding carboxylic acids is 1. The van der Waals surface area contributed by atoms with E-state index in [0.717, 1.165) is 24.3 Å². The fourth-order valence-electron chi connectivity index (χ4n) is 1.59. The van der Waals surface area contributed by atoms with E-state index in [0.29, 0.717) is 0 Å². The lowest BCUT2D eigenvalue weighted by Gasteiger charge is -2.24. The first kappa shape index (κ1) is 20.4. The Labute approximate surface area is 135 Å². The number of hydrogen-bond donors (Lipinski definition) is 1. The Kier molecular flexibility index (Phi) is 5.79. The molecule has 6 nitrogen and oxygen atoms in total. The molecule has 0 amide bonds. The highest BCUT2D eigenvalue weighted by molar-refractivity contribution is 5.89. The lowest BCUT2D eigenvalue weighted by Crippen LogP contribution is -2.45. The van der Waals surface area contributed by atoms with Crippen molar-refractivity contribution in [2.45, 2.75) is 24.6 Å². The highest BCUT2D eigenvalue weighted by atomic mass is 19.4. The molecule has 0 unspecified atom stereocenters. The summed E-state index contributed by atoms with van der Waals surface area (Å²) in [5.74, 6) is -2.12. The Balaban J connectivity index is 2.94. The van der Waals surface area contributed by atoms with Crippen LogP contribution in [-0.4, -0.2) is 34.5 Å². The van der Waals surface area contributed by atoms with Gasteiger partial charge in [0.2, 0.25) is 0 Å². The minimum absolute atomic E-state index is 0.219. The summed E-state index contributed by atoms with van der Waals surface area (Å²) < 4.78 is 77.4. The number of hydrogen-bond acceptors (Lipinski definition) is 5. The first-order valence-corrected chi connectivity index (χ1v) is 6.20. The van der Waals surface area contributed by atoms with Crippen LogP contribution in [0.5, 0.6) is 0 Å². The van der Waals surface area contributed by atoms with Crippen LogP contribution in [0.2, 0.25) is 0 Å². The average Bonchev–Trinajstić information content (AvgIpc) is 2.48. The van der Waals surface area contributed by atoms with Crippen molar-refractivity contribution in [3.63, 3.8) is 0 Å². The fraction of sp³-hybridized carbons (Fsp3) is 0.308. The normalized spacial score (nSPS) is 13.4. The molecule has 1 aromatic rings. The van der Waals surface area contributed by atoms with Crippen LogP contribution in [0.15, 0.2) is 36.4 Å². The summed E-state index contributed by atoms with van der Waals surface area (Å²) in [5.41, 5.74) is -1.71. The van der Waals surface area contributed by atoms with Crippen molar-refractivity contribution in [3.8, 4) is 0 Å². The zero-order valence-corrected chi connectivity index (χ0v) is 12.0. The molecule has 1 aromatic carbocycles. The average molecular weight is 373 g/mol. The fourth-order valence-corrected chi connectivity index (χ4v) is 1.59. The number of halogens is 6. The molecule has 1 rings (SSSR count). The number of aliphatic hydroxyl groups is 1. The van der Waals surface area contributed by atoms with Gasteiger partial charge in [-0.3, -0.25) is 10.1 Å². The van der Waals surface area contributed by atoms with Crippen molar-refractivity contribution in [2.24, 2.45) is 0 Å². The predicted molar refractivity (Wildman–Crippen MR) is 69.2 cm³/mol. The Bertz CT molecular complexity index is 653. The first-order chi connectivity index (χ1) is 11.2. The summed E-state index contributed by atoms with van der Waals surface area (Å²) in [6.45, 7) is 2.91. The largest absolute Gasteiger partial charge is 0.439 e. The van der Waals surface area contributed by atoms with Gasteiger partial charge in [0.15, 0.2) is 0 Å². The Morgan fingerprint density at radius 2 is 1.56 bits per heavy atom. The predicted octanol–water partition coefficient (Wildman–Crippen LogP) is 3.22. The van der Waals surface area contributed by atoms with E-state index in [1.807, 2.05) is 0 Å². The van der Waals surface area contributed by atoms with Gasteiger partial charge in [-0.1, -0.05) is 6.58 Å². The van der Waals surface area contributed by atoms with E-state index in [-0.39, 0.29) is 5.56 Å². The van der Waals surface area contributed by atoms with Gasteiger partial charge in [-0.25, -0.2) is 4.79 Å². The van der Waals surface area contributed by atoms with Gasteiger partial charge in [0, 0.05) is 12.1 Å². The topological polar surface area (TPSA) is 89.7 Å². The summed E-state index contributed by atoms with van der Waals surface area (Å²) in [5, 5.41) is 20.2. The highest BCUT2D eigenvalue weighted by Crippen LogP contribution is 2.36. The molecule has 0 aliphatic heterocycles. The minimum atomic E-state index is -5.91. The van der Waals surface area contributed by atoms with Crippen LogP contribution in [0.25, 0.3) is 0 Å². The summed E-state index contributed by atoms with van der Waals surface area (Å²) in [7, 11) is 0. The number of benzene rings is 1. The summed E-state index contributed by atoms with van der Waals surface area (Å²) in [6, 6.07) is 3.72. The molecule has 1 atom stereocenters. The minimum Gasteiger partial charge on any atom is -0.439 e. The van der Waals surface area contributed by atoms with E-state index in [9.17, 15) is 46.4 Å². The van der Waals surface area contributed by atoms with Gasteiger partial charge in [0.1, 0.15) is 6.10 Å². The van der Waals surface area contributed by atoms with Crippen LogP contribution in [-0.2, 0) is 9.53 Å². The van der Waals surface area contributed by atoms with Crippen LogP contribution < -0.4 is 0 Å². The monoisotopic (exact) mass is 373 g/mol. The molecule has 138 valence electrons. The molecule has 0 aliphatic carbocycles. The molecule has 1 N–H and O–H groups in total. The van der Waals surface area contributed by atoms with Gasteiger partial charge in [-0.2, -0.15) is 26.3 Å². The summed E-state index contributed by atoms with van der Waals surface area (Å²) >= 11 is 0. The van der Waals surface area contributed by atoms with Gasteiger partial charge >= 0.3 is 18.3 Å². The highest BCUT2D eigenvalue weighted by Gasteiger charge is 2.60. The number of alkyl halides is 6. The van der Waals surface area contributed by atoms with Crippen LogP contribution in [0, 0.1) is 10.1 Å². The number of nitrogens with zero attached hydrogens (tertiary/aromatic N) is 1. The molecule has 25 heavy (non-hydrogen) atoms. The number of nitro benzene ring substituents is 1. The lowest BCUT2D eigenvalue weighted by atomic mass is 10.0. The zero-order valence-electron chi connectivity index (χ0n) is 12.0. The van der Waals surface area contributed by atoms with E-state index in [1.54, 1.807) is 0 Å². The third kappa shape index (κ3) is 5.17. The third-order valence-electron chi connectivity index (χ3n) is 2.83. The number of nitro groups is 1. The van der Waals surface area contributed by atoms with Gasteiger partial charge in [-0.05, 0) is 17.7 Å². The van der Waals surface area contributed by atoms with Gasteiger partial charge in [0.25, 0.3) is 11.8 Å². The van der Waals surface area contributed by atoms with Crippen LogP contribution in [0.1, 0.15) is 11.7 Å². The number of esters is 1. The second-order valence-electron chi connectivity index (χ2n) is 4.64. The molecule has 0 bridgehead atoms. The number of aliphatic hydroxyl groups excluding tert-OH is 1. The third-order valence-corrected chi connectivity index (χ3v) is 2.83. The maximum Gasteiger partial charge on any atom is 0.434 e. The number of ether oxygens (including phenoxy) is 1. The standard InChI is InChI=1S/C13H9F6NO5/c1-6(9(21)7-2-4-8(5-3-7)20(23)24)10(22)25-11(12(14,15)16)13(17,18)19/h2-5,9,11,21H,1H2/t9-/m1/s1. The second-order valence-corrected chi connectivity index (χ2v) is 4.64. The zero-order chi connectivity index (χ0) is 19.6. The number of rotatable bonds is 5. The number of carbonyl (C=O) groups is 1. The van der Waals surface area contributed by atoms with Crippen LogP contribution in [0.4, 0.5) is 32.0 Å². The molecule has 0 aromatic heterocycles. The molecule has 12 heteroatoms. The van der Waals surface area contributed by atoms with Crippen LogP contribution in [0.3, 0.4) is 0 Å². The van der Waals surface area contributed by atoms with E-state index in [4.69, 9.17) is 0 Å². The van der Waals surface area contributed by atoms with E-state index in [2.05, 4.69) is 11.3 Å². The number of non-ortho nitro benzene ring substituents is 1. The van der Waals surface area contributed by atoms with Gasteiger partial charge < -0.3 is 9.84 Å². The quantitative estimate of drug-likeness (QED) is 0.281. The maximum absolute atomic E-state index is 12.3. The smallest absolute Gasteiger partial charge is 0.434 e. The van der Waals surface area contributed by atoms with Crippen LogP contribution >= 0.6 is 0 Å². The molecule has 0 saturated heterocycles. The molecule has 0 saturated carbocycles.